The number of carboxylic acid groups (broad SMARTS) is 1. The molecule has 0 bridgehead atoms. The Hall–Kier alpha value is -2.93. The number of carbonyl (C=O) groups is 2. The standard InChI is InChI=1S/C18H14BrN3O3/c19-13-6-8-14(9-7-13)21-17(23)15-16(18(24)25)22(11-20-15)10-12-4-2-1-3-5-12/h1-9,11H,10H2,(H,21,23)(H,24,25). The molecule has 126 valence electrons. The third-order valence-electron chi connectivity index (χ3n) is 3.55. The lowest BCUT2D eigenvalue weighted by atomic mass is 10.2. The number of benzene rings is 2. The normalized spacial score (nSPS) is 10.4. The summed E-state index contributed by atoms with van der Waals surface area (Å²) in [6.45, 7) is 0.320. The zero-order chi connectivity index (χ0) is 17.8. The smallest absolute Gasteiger partial charge is 0.355 e. The van der Waals surface area contributed by atoms with E-state index >= 15 is 0 Å². The first-order chi connectivity index (χ1) is 12.0. The van der Waals surface area contributed by atoms with Gasteiger partial charge in [-0.3, -0.25) is 4.79 Å². The molecule has 1 aromatic heterocycles. The summed E-state index contributed by atoms with van der Waals surface area (Å²) in [6.07, 6.45) is 1.37. The molecule has 0 unspecified atom stereocenters. The number of carboxylic acids is 1. The second-order valence-electron chi connectivity index (χ2n) is 5.32. The Balaban J connectivity index is 1.87. The van der Waals surface area contributed by atoms with Gasteiger partial charge in [0.1, 0.15) is 0 Å². The summed E-state index contributed by atoms with van der Waals surface area (Å²) in [5, 5.41) is 12.2. The number of amides is 1. The monoisotopic (exact) mass is 399 g/mol. The number of carbonyl (C=O) groups excluding carboxylic acids is 1. The number of aromatic carboxylic acids is 1. The zero-order valence-corrected chi connectivity index (χ0v) is 14.6. The van der Waals surface area contributed by atoms with E-state index in [9.17, 15) is 14.7 Å². The minimum absolute atomic E-state index is 0.119. The Bertz CT molecular complexity index is 905. The molecule has 0 saturated carbocycles. The molecule has 0 atom stereocenters. The predicted molar refractivity (Wildman–Crippen MR) is 96.8 cm³/mol. The Kier molecular flexibility index (Phi) is 4.95. The van der Waals surface area contributed by atoms with Gasteiger partial charge in [0.25, 0.3) is 5.91 Å². The van der Waals surface area contributed by atoms with E-state index in [4.69, 9.17) is 0 Å². The van der Waals surface area contributed by atoms with Gasteiger partial charge in [-0.2, -0.15) is 0 Å². The first-order valence-corrected chi connectivity index (χ1v) is 8.23. The topological polar surface area (TPSA) is 84.2 Å². The van der Waals surface area contributed by atoms with Gasteiger partial charge in [0.05, 0.1) is 6.33 Å². The van der Waals surface area contributed by atoms with Gasteiger partial charge < -0.3 is 15.0 Å². The summed E-state index contributed by atoms with van der Waals surface area (Å²) >= 11 is 3.32. The first-order valence-electron chi connectivity index (χ1n) is 7.44. The van der Waals surface area contributed by atoms with Gasteiger partial charge in [0.15, 0.2) is 11.4 Å². The summed E-state index contributed by atoms with van der Waals surface area (Å²) in [6, 6.07) is 16.4. The second kappa shape index (κ2) is 7.31. The number of aromatic nitrogens is 2. The highest BCUT2D eigenvalue weighted by atomic mass is 79.9. The Labute approximate surface area is 152 Å². The number of halogens is 1. The lowest BCUT2D eigenvalue weighted by molar-refractivity contribution is 0.0681. The van der Waals surface area contributed by atoms with E-state index in [1.807, 2.05) is 30.3 Å². The fourth-order valence-corrected chi connectivity index (χ4v) is 2.66. The number of imidazole rings is 1. The summed E-state index contributed by atoms with van der Waals surface area (Å²) < 4.78 is 2.33. The van der Waals surface area contributed by atoms with Crippen molar-refractivity contribution in [2.24, 2.45) is 0 Å². The lowest BCUT2D eigenvalue weighted by Gasteiger charge is -2.07. The van der Waals surface area contributed by atoms with Crippen LogP contribution in [-0.4, -0.2) is 26.5 Å². The van der Waals surface area contributed by atoms with Crippen molar-refractivity contribution < 1.29 is 14.7 Å². The van der Waals surface area contributed by atoms with Crippen molar-refractivity contribution in [3.63, 3.8) is 0 Å². The molecule has 25 heavy (non-hydrogen) atoms. The second-order valence-corrected chi connectivity index (χ2v) is 6.24. The average molecular weight is 400 g/mol. The molecule has 0 radical (unpaired) electrons. The number of nitrogens with one attached hydrogen (secondary N) is 1. The van der Waals surface area contributed by atoms with Gasteiger partial charge in [0, 0.05) is 16.7 Å². The Morgan fingerprint density at radius 3 is 2.40 bits per heavy atom. The molecule has 0 aliphatic rings. The van der Waals surface area contributed by atoms with Gasteiger partial charge in [-0.25, -0.2) is 9.78 Å². The van der Waals surface area contributed by atoms with Gasteiger partial charge in [-0.05, 0) is 29.8 Å². The molecule has 7 heteroatoms. The number of hydrogen-bond donors (Lipinski definition) is 2. The summed E-state index contributed by atoms with van der Waals surface area (Å²) in [4.78, 5) is 28.1. The van der Waals surface area contributed by atoms with Crippen molar-refractivity contribution in [2.45, 2.75) is 6.54 Å². The maximum absolute atomic E-state index is 12.4. The maximum Gasteiger partial charge on any atom is 0.355 e. The SMILES string of the molecule is O=C(Nc1ccc(Br)cc1)c1ncn(Cc2ccccc2)c1C(=O)O. The Morgan fingerprint density at radius 2 is 1.76 bits per heavy atom. The number of nitrogens with zero attached hydrogens (tertiary/aromatic N) is 2. The molecule has 0 fully saturated rings. The fourth-order valence-electron chi connectivity index (χ4n) is 2.40. The largest absolute Gasteiger partial charge is 0.477 e. The highest BCUT2D eigenvalue weighted by molar-refractivity contribution is 9.10. The molecule has 0 aliphatic heterocycles. The van der Waals surface area contributed by atoms with Crippen LogP contribution in [-0.2, 0) is 6.54 Å². The molecular formula is C18H14BrN3O3. The lowest BCUT2D eigenvalue weighted by Crippen LogP contribution is -2.18. The summed E-state index contributed by atoms with van der Waals surface area (Å²) in [5.74, 6) is -1.76. The molecule has 3 aromatic rings. The van der Waals surface area contributed by atoms with Crippen LogP contribution in [0.15, 0.2) is 65.4 Å². The number of hydrogen-bond acceptors (Lipinski definition) is 3. The minimum Gasteiger partial charge on any atom is -0.477 e. The van der Waals surface area contributed by atoms with E-state index in [-0.39, 0.29) is 11.4 Å². The molecule has 2 N–H and O–H groups in total. The van der Waals surface area contributed by atoms with E-state index in [1.54, 1.807) is 24.3 Å². The molecular weight excluding hydrogens is 386 g/mol. The predicted octanol–water partition coefficient (Wildman–Crippen LogP) is 3.64. The van der Waals surface area contributed by atoms with Gasteiger partial charge in [0.2, 0.25) is 0 Å². The molecule has 6 nitrogen and oxygen atoms in total. The molecule has 0 saturated heterocycles. The van der Waals surface area contributed by atoms with Crippen LogP contribution in [0.4, 0.5) is 5.69 Å². The third kappa shape index (κ3) is 3.95. The van der Waals surface area contributed by atoms with E-state index < -0.39 is 11.9 Å². The maximum atomic E-state index is 12.4. The van der Waals surface area contributed by atoms with Crippen molar-refractivity contribution in [1.82, 2.24) is 9.55 Å². The number of anilines is 1. The van der Waals surface area contributed by atoms with Crippen LogP contribution in [0.25, 0.3) is 0 Å². The van der Waals surface area contributed by atoms with Crippen molar-refractivity contribution in [1.29, 1.82) is 0 Å². The van der Waals surface area contributed by atoms with Crippen molar-refractivity contribution >= 4 is 33.5 Å². The third-order valence-corrected chi connectivity index (χ3v) is 4.08. The van der Waals surface area contributed by atoms with Crippen LogP contribution in [0.1, 0.15) is 26.5 Å². The van der Waals surface area contributed by atoms with Gasteiger partial charge >= 0.3 is 5.97 Å². The van der Waals surface area contributed by atoms with Crippen LogP contribution >= 0.6 is 15.9 Å². The van der Waals surface area contributed by atoms with Gasteiger partial charge in [-0.1, -0.05) is 46.3 Å². The van der Waals surface area contributed by atoms with E-state index in [0.717, 1.165) is 10.0 Å². The molecule has 1 heterocycles. The average Bonchev–Trinajstić information content (AvgIpc) is 3.02. The molecule has 3 rings (SSSR count). The van der Waals surface area contributed by atoms with Crippen LogP contribution in [0.5, 0.6) is 0 Å². The van der Waals surface area contributed by atoms with Crippen molar-refractivity contribution in [3.8, 4) is 0 Å². The van der Waals surface area contributed by atoms with E-state index in [2.05, 4.69) is 26.2 Å². The molecule has 1 amide bonds. The van der Waals surface area contributed by atoms with Crippen LogP contribution in [0.2, 0.25) is 0 Å². The van der Waals surface area contributed by atoms with Gasteiger partial charge in [-0.15, -0.1) is 0 Å². The molecule has 0 aliphatic carbocycles. The minimum atomic E-state index is -1.20. The number of rotatable bonds is 5. The fraction of sp³-hybridized carbons (Fsp3) is 0.0556. The first kappa shape index (κ1) is 16.9. The van der Waals surface area contributed by atoms with Crippen molar-refractivity contribution in [3.05, 3.63) is 82.3 Å². The van der Waals surface area contributed by atoms with E-state index in [0.29, 0.717) is 12.2 Å². The highest BCUT2D eigenvalue weighted by Gasteiger charge is 2.23. The van der Waals surface area contributed by atoms with Crippen LogP contribution in [0, 0.1) is 0 Å². The quantitative estimate of drug-likeness (QED) is 0.685. The Morgan fingerprint density at radius 1 is 1.08 bits per heavy atom. The van der Waals surface area contributed by atoms with Crippen LogP contribution in [0.3, 0.4) is 0 Å². The summed E-state index contributed by atoms with van der Waals surface area (Å²) in [5.41, 5.74) is 1.22. The van der Waals surface area contributed by atoms with E-state index in [1.165, 1.54) is 10.9 Å². The van der Waals surface area contributed by atoms with Crippen LogP contribution < -0.4 is 5.32 Å². The summed E-state index contributed by atoms with van der Waals surface area (Å²) in [7, 11) is 0. The molecule has 0 spiro atoms. The highest BCUT2D eigenvalue weighted by Crippen LogP contribution is 2.17. The zero-order valence-electron chi connectivity index (χ0n) is 13.0. The van der Waals surface area contributed by atoms with Crippen molar-refractivity contribution in [2.75, 3.05) is 5.32 Å². The molecule has 2 aromatic carbocycles.